The average Bonchev–Trinajstić information content (AvgIpc) is 2.46. The van der Waals surface area contributed by atoms with Gasteiger partial charge in [0.05, 0.1) is 4.83 Å². The van der Waals surface area contributed by atoms with Crippen molar-refractivity contribution in [1.82, 2.24) is 4.90 Å². The van der Waals surface area contributed by atoms with Gasteiger partial charge in [0.2, 0.25) is 0 Å². The van der Waals surface area contributed by atoms with Gasteiger partial charge in [-0.2, -0.15) is 0 Å². The normalized spacial score (nSPS) is 19.3. The van der Waals surface area contributed by atoms with Gasteiger partial charge in [0, 0.05) is 17.4 Å². The molecule has 3 nitrogen and oxygen atoms in total. The number of carbonyl (C=O) groups is 1. The summed E-state index contributed by atoms with van der Waals surface area (Å²) in [7, 11) is 0. The largest absolute Gasteiger partial charge is 0.444 e. The Bertz CT molecular complexity index is 549. The molecule has 0 N–H and O–H groups in total. The number of hydrogen-bond donors (Lipinski definition) is 0. The van der Waals surface area contributed by atoms with E-state index in [0.29, 0.717) is 13.1 Å². The highest BCUT2D eigenvalue weighted by Crippen LogP contribution is 2.47. The molecule has 1 fully saturated rings. The van der Waals surface area contributed by atoms with Crippen LogP contribution in [0.25, 0.3) is 0 Å². The highest BCUT2D eigenvalue weighted by molar-refractivity contribution is 9.12. The minimum atomic E-state index is -0.480. The predicted molar refractivity (Wildman–Crippen MR) is 96.8 cm³/mol. The summed E-state index contributed by atoms with van der Waals surface area (Å²) in [5.41, 5.74) is 0.542. The number of halogens is 3. The summed E-state index contributed by atoms with van der Waals surface area (Å²) in [5, 5.41) is 0. The number of hydrogen-bond acceptors (Lipinski definition) is 2. The Morgan fingerprint density at radius 3 is 2.26 bits per heavy atom. The Labute approximate surface area is 153 Å². The molecule has 0 radical (unpaired) electrons. The van der Waals surface area contributed by atoms with E-state index in [9.17, 15) is 9.18 Å². The Morgan fingerprint density at radius 2 is 1.78 bits per heavy atom. The van der Waals surface area contributed by atoms with Crippen LogP contribution in [0, 0.1) is 5.82 Å². The van der Waals surface area contributed by atoms with Gasteiger partial charge in [0.25, 0.3) is 0 Å². The second-order valence-corrected chi connectivity index (χ2v) is 9.41. The van der Waals surface area contributed by atoms with Crippen molar-refractivity contribution in [1.29, 1.82) is 0 Å². The van der Waals surface area contributed by atoms with Crippen LogP contribution in [-0.4, -0.2) is 34.0 Å². The first-order valence-corrected chi connectivity index (χ1v) is 9.38. The van der Waals surface area contributed by atoms with Crippen molar-refractivity contribution in [2.24, 2.45) is 0 Å². The quantitative estimate of drug-likeness (QED) is 0.562. The number of carbonyl (C=O) groups excluding carboxylic acids is 1. The van der Waals surface area contributed by atoms with Crippen LogP contribution in [0.1, 0.15) is 44.0 Å². The number of ether oxygens (including phenoxy) is 1. The lowest BCUT2D eigenvalue weighted by Crippen LogP contribution is -2.47. The number of nitrogens with zero attached hydrogens (tertiary/aromatic N) is 1. The van der Waals surface area contributed by atoms with Crippen molar-refractivity contribution in [3.63, 3.8) is 0 Å². The molecule has 0 spiro atoms. The first kappa shape index (κ1) is 18.7. The number of piperidine rings is 1. The number of likely N-dealkylation sites (tertiary alicyclic amines) is 1. The number of amides is 1. The third kappa shape index (κ3) is 4.92. The highest BCUT2D eigenvalue weighted by atomic mass is 79.9. The number of alkyl halides is 2. The molecule has 0 aromatic heterocycles. The SMILES string of the molecule is CC(C)(C)OC(=O)N1CCC(Br)(C(Br)c2ccc(F)cc2)CC1. The average molecular weight is 451 g/mol. The fraction of sp³-hybridized carbons (Fsp3) is 0.588. The second-order valence-electron chi connectivity index (χ2n) is 6.92. The van der Waals surface area contributed by atoms with Gasteiger partial charge in [-0.1, -0.05) is 44.0 Å². The molecule has 0 saturated carbocycles. The minimum Gasteiger partial charge on any atom is -0.444 e. The standard InChI is InChI=1S/C17H22Br2FNO2/c1-16(2,3)23-15(22)21-10-8-17(19,9-11-21)14(18)12-4-6-13(20)7-5-12/h4-7,14H,8-11H2,1-3H3. The summed E-state index contributed by atoms with van der Waals surface area (Å²) in [6, 6.07) is 6.52. The van der Waals surface area contributed by atoms with E-state index in [1.54, 1.807) is 17.0 Å². The predicted octanol–water partition coefficient (Wildman–Crippen LogP) is 5.43. The molecule has 1 aliphatic rings. The molecule has 1 aromatic rings. The Morgan fingerprint density at radius 1 is 1.26 bits per heavy atom. The molecular formula is C17H22Br2FNO2. The maximum atomic E-state index is 13.1. The molecule has 2 rings (SSSR count). The second kappa shape index (κ2) is 7.09. The van der Waals surface area contributed by atoms with Gasteiger partial charge in [-0.3, -0.25) is 0 Å². The summed E-state index contributed by atoms with van der Waals surface area (Å²) < 4.78 is 18.3. The third-order valence-corrected chi connectivity index (χ3v) is 7.13. The lowest BCUT2D eigenvalue weighted by atomic mass is 9.90. The van der Waals surface area contributed by atoms with E-state index in [0.717, 1.165) is 18.4 Å². The molecular weight excluding hydrogens is 429 g/mol. The fourth-order valence-electron chi connectivity index (χ4n) is 2.57. The summed E-state index contributed by atoms with van der Waals surface area (Å²) in [6.45, 7) is 6.86. The van der Waals surface area contributed by atoms with Gasteiger partial charge in [-0.15, -0.1) is 0 Å². The van der Waals surface area contributed by atoms with Gasteiger partial charge in [0.15, 0.2) is 0 Å². The zero-order chi connectivity index (χ0) is 17.3. The molecule has 1 aromatic carbocycles. The Kier molecular flexibility index (Phi) is 5.77. The summed E-state index contributed by atoms with van der Waals surface area (Å²) in [4.78, 5) is 13.9. The van der Waals surface area contributed by atoms with Crippen LogP contribution in [0.3, 0.4) is 0 Å². The molecule has 1 atom stereocenters. The van der Waals surface area contributed by atoms with Crippen LogP contribution in [0.15, 0.2) is 24.3 Å². The smallest absolute Gasteiger partial charge is 0.410 e. The molecule has 128 valence electrons. The van der Waals surface area contributed by atoms with E-state index in [2.05, 4.69) is 31.9 Å². The maximum Gasteiger partial charge on any atom is 0.410 e. The van der Waals surface area contributed by atoms with Crippen LogP contribution in [0.5, 0.6) is 0 Å². The first-order valence-electron chi connectivity index (χ1n) is 7.67. The molecule has 1 amide bonds. The molecule has 1 aliphatic heterocycles. The van der Waals surface area contributed by atoms with Gasteiger partial charge in [-0.05, 0) is 51.3 Å². The van der Waals surface area contributed by atoms with E-state index in [4.69, 9.17) is 4.74 Å². The topological polar surface area (TPSA) is 29.5 Å². The van der Waals surface area contributed by atoms with Crippen molar-refractivity contribution >= 4 is 38.0 Å². The summed E-state index contributed by atoms with van der Waals surface area (Å²) >= 11 is 7.57. The van der Waals surface area contributed by atoms with Gasteiger partial charge >= 0.3 is 6.09 Å². The van der Waals surface area contributed by atoms with Crippen molar-refractivity contribution in [2.75, 3.05) is 13.1 Å². The zero-order valence-electron chi connectivity index (χ0n) is 13.6. The van der Waals surface area contributed by atoms with Crippen LogP contribution in [-0.2, 0) is 4.74 Å². The molecule has 1 saturated heterocycles. The van der Waals surface area contributed by atoms with E-state index < -0.39 is 5.60 Å². The van der Waals surface area contributed by atoms with Crippen molar-refractivity contribution in [3.8, 4) is 0 Å². The van der Waals surface area contributed by atoms with Crippen LogP contribution < -0.4 is 0 Å². The molecule has 1 unspecified atom stereocenters. The first-order chi connectivity index (χ1) is 10.6. The van der Waals surface area contributed by atoms with Crippen LogP contribution in [0.2, 0.25) is 0 Å². The molecule has 1 heterocycles. The van der Waals surface area contributed by atoms with Crippen molar-refractivity contribution in [3.05, 3.63) is 35.6 Å². The van der Waals surface area contributed by atoms with E-state index in [-0.39, 0.29) is 21.1 Å². The lowest BCUT2D eigenvalue weighted by molar-refractivity contribution is 0.0199. The highest BCUT2D eigenvalue weighted by Gasteiger charge is 2.40. The van der Waals surface area contributed by atoms with E-state index in [1.165, 1.54) is 12.1 Å². The van der Waals surface area contributed by atoms with Gasteiger partial charge < -0.3 is 9.64 Å². The van der Waals surface area contributed by atoms with Crippen molar-refractivity contribution in [2.45, 2.75) is 48.4 Å². The van der Waals surface area contributed by atoms with Gasteiger partial charge in [0.1, 0.15) is 11.4 Å². The van der Waals surface area contributed by atoms with Crippen LogP contribution >= 0.6 is 31.9 Å². The lowest BCUT2D eigenvalue weighted by Gasteiger charge is -2.41. The summed E-state index contributed by atoms with van der Waals surface area (Å²) in [5.74, 6) is -0.239. The monoisotopic (exact) mass is 449 g/mol. The molecule has 0 aliphatic carbocycles. The Balaban J connectivity index is 1.99. The molecule has 0 bridgehead atoms. The Hall–Kier alpha value is -0.620. The molecule has 6 heteroatoms. The third-order valence-electron chi connectivity index (χ3n) is 3.86. The fourth-order valence-corrected chi connectivity index (χ4v) is 3.95. The van der Waals surface area contributed by atoms with Crippen molar-refractivity contribution < 1.29 is 13.9 Å². The van der Waals surface area contributed by atoms with Crippen LogP contribution in [0.4, 0.5) is 9.18 Å². The summed E-state index contributed by atoms with van der Waals surface area (Å²) in [6.07, 6.45) is 1.32. The maximum absolute atomic E-state index is 13.1. The van der Waals surface area contributed by atoms with E-state index in [1.807, 2.05) is 20.8 Å². The van der Waals surface area contributed by atoms with Gasteiger partial charge in [-0.25, -0.2) is 9.18 Å². The minimum absolute atomic E-state index is 0.0522. The molecule has 23 heavy (non-hydrogen) atoms. The number of benzene rings is 1. The van der Waals surface area contributed by atoms with E-state index >= 15 is 0 Å². The zero-order valence-corrected chi connectivity index (χ0v) is 16.8. The number of rotatable bonds is 2.